The molecule has 1 aromatic heterocycles. The van der Waals surface area contributed by atoms with Crippen LogP contribution in [-0.4, -0.2) is 22.6 Å². The molecule has 0 radical (unpaired) electrons. The maximum atomic E-state index is 4.59. The van der Waals surface area contributed by atoms with Crippen molar-refractivity contribution in [2.24, 2.45) is 0 Å². The van der Waals surface area contributed by atoms with Crippen molar-refractivity contribution in [2.75, 3.05) is 17.2 Å². The van der Waals surface area contributed by atoms with Crippen LogP contribution >= 0.6 is 0 Å². The highest BCUT2D eigenvalue weighted by atomic mass is 15.1. The van der Waals surface area contributed by atoms with E-state index < -0.39 is 0 Å². The average Bonchev–Trinajstić information content (AvgIpc) is 2.45. The van der Waals surface area contributed by atoms with Crippen LogP contribution in [0.25, 0.3) is 10.9 Å². The molecular weight excluding hydrogens is 236 g/mol. The minimum Gasteiger partial charge on any atom is -0.367 e. The molecule has 1 aromatic carbocycles. The van der Waals surface area contributed by atoms with Crippen molar-refractivity contribution in [3.05, 3.63) is 24.3 Å². The number of aromatic nitrogens is 2. The number of rotatable bonds is 6. The number of nitrogens with one attached hydrogen (secondary N) is 2. The Morgan fingerprint density at radius 2 is 1.95 bits per heavy atom. The Hall–Kier alpha value is -1.84. The van der Waals surface area contributed by atoms with Crippen LogP contribution in [0, 0.1) is 0 Å². The van der Waals surface area contributed by atoms with Crippen molar-refractivity contribution in [2.45, 2.75) is 39.7 Å². The Balaban J connectivity index is 2.39. The number of hydrogen-bond donors (Lipinski definition) is 2. The van der Waals surface area contributed by atoms with Gasteiger partial charge in [-0.25, -0.2) is 4.98 Å². The van der Waals surface area contributed by atoms with Gasteiger partial charge < -0.3 is 10.6 Å². The maximum absolute atomic E-state index is 4.59. The lowest BCUT2D eigenvalue weighted by Gasteiger charge is -2.15. The number of fused-ring (bicyclic) bond motifs is 1. The topological polar surface area (TPSA) is 49.8 Å². The molecule has 4 nitrogen and oxygen atoms in total. The minimum atomic E-state index is 0.400. The summed E-state index contributed by atoms with van der Waals surface area (Å²) in [5.74, 6) is 1.62. The molecule has 1 unspecified atom stereocenters. The molecule has 102 valence electrons. The predicted molar refractivity (Wildman–Crippen MR) is 81.7 cm³/mol. The second-order valence-electron chi connectivity index (χ2n) is 4.79. The van der Waals surface area contributed by atoms with Gasteiger partial charge in [-0.05, 0) is 31.9 Å². The molecule has 2 rings (SSSR count). The molecular formula is C15H22N4. The summed E-state index contributed by atoms with van der Waals surface area (Å²) in [5.41, 5.74) is 0.974. The van der Waals surface area contributed by atoms with Gasteiger partial charge in [-0.3, -0.25) is 0 Å². The first-order chi connectivity index (χ1) is 9.24. The standard InChI is InChI=1S/C15H22N4/c1-4-10-16-15-18-13-9-7-6-8-12(13)14(19-15)17-11(3)5-2/h6-9,11H,4-5,10H2,1-3H3,(H2,16,17,18,19). The van der Waals surface area contributed by atoms with Gasteiger partial charge in [0, 0.05) is 18.0 Å². The Labute approximate surface area is 114 Å². The summed E-state index contributed by atoms with van der Waals surface area (Å²) >= 11 is 0. The Bertz CT molecular complexity index is 539. The fourth-order valence-corrected chi connectivity index (χ4v) is 1.84. The van der Waals surface area contributed by atoms with E-state index in [2.05, 4.69) is 47.4 Å². The van der Waals surface area contributed by atoms with Crippen molar-refractivity contribution < 1.29 is 0 Å². The van der Waals surface area contributed by atoms with Gasteiger partial charge in [0.15, 0.2) is 0 Å². The van der Waals surface area contributed by atoms with Crippen LogP contribution in [0.3, 0.4) is 0 Å². The Kier molecular flexibility index (Phi) is 4.55. The molecule has 0 aliphatic rings. The SMILES string of the molecule is CCCNc1nc(NC(C)CC)c2ccccc2n1. The highest BCUT2D eigenvalue weighted by Crippen LogP contribution is 2.22. The first-order valence-corrected chi connectivity index (χ1v) is 7.01. The van der Waals surface area contributed by atoms with Gasteiger partial charge in [-0.1, -0.05) is 26.0 Å². The highest BCUT2D eigenvalue weighted by molar-refractivity contribution is 5.90. The molecule has 0 saturated heterocycles. The molecule has 0 aliphatic heterocycles. The molecule has 0 fully saturated rings. The van der Waals surface area contributed by atoms with Crippen molar-refractivity contribution in [3.8, 4) is 0 Å². The van der Waals surface area contributed by atoms with Gasteiger partial charge in [0.1, 0.15) is 5.82 Å². The van der Waals surface area contributed by atoms with Crippen LogP contribution in [0.1, 0.15) is 33.6 Å². The molecule has 1 heterocycles. The lowest BCUT2D eigenvalue weighted by atomic mass is 10.2. The van der Waals surface area contributed by atoms with Crippen molar-refractivity contribution in [1.29, 1.82) is 0 Å². The van der Waals surface area contributed by atoms with Crippen LogP contribution in [-0.2, 0) is 0 Å². The number of anilines is 2. The molecule has 0 aliphatic carbocycles. The van der Waals surface area contributed by atoms with Crippen LogP contribution < -0.4 is 10.6 Å². The Morgan fingerprint density at radius 3 is 2.68 bits per heavy atom. The summed E-state index contributed by atoms with van der Waals surface area (Å²) in [7, 11) is 0. The summed E-state index contributed by atoms with van der Waals surface area (Å²) in [4.78, 5) is 9.14. The zero-order valence-electron chi connectivity index (χ0n) is 11.9. The number of benzene rings is 1. The number of nitrogens with zero attached hydrogens (tertiary/aromatic N) is 2. The lowest BCUT2D eigenvalue weighted by molar-refractivity contribution is 0.760. The molecule has 2 aromatic rings. The quantitative estimate of drug-likeness (QED) is 0.830. The zero-order chi connectivity index (χ0) is 13.7. The number of para-hydroxylation sites is 1. The van der Waals surface area contributed by atoms with Gasteiger partial charge in [0.05, 0.1) is 5.52 Å². The lowest BCUT2D eigenvalue weighted by Crippen LogP contribution is -2.16. The summed E-state index contributed by atoms with van der Waals surface area (Å²) in [5, 5.41) is 7.79. The maximum Gasteiger partial charge on any atom is 0.225 e. The third-order valence-corrected chi connectivity index (χ3v) is 3.13. The molecule has 0 saturated carbocycles. The highest BCUT2D eigenvalue weighted by Gasteiger charge is 2.08. The van der Waals surface area contributed by atoms with E-state index in [4.69, 9.17) is 0 Å². The normalized spacial score (nSPS) is 12.4. The largest absolute Gasteiger partial charge is 0.367 e. The molecule has 4 heteroatoms. The second-order valence-corrected chi connectivity index (χ2v) is 4.79. The van der Waals surface area contributed by atoms with Crippen LogP contribution in [0.2, 0.25) is 0 Å². The minimum absolute atomic E-state index is 0.400. The first-order valence-electron chi connectivity index (χ1n) is 7.01. The second kappa shape index (κ2) is 6.36. The molecule has 19 heavy (non-hydrogen) atoms. The van der Waals surface area contributed by atoms with E-state index in [1.165, 1.54) is 0 Å². The third-order valence-electron chi connectivity index (χ3n) is 3.13. The molecule has 2 N–H and O–H groups in total. The fourth-order valence-electron chi connectivity index (χ4n) is 1.84. The van der Waals surface area contributed by atoms with E-state index in [9.17, 15) is 0 Å². The molecule has 0 bridgehead atoms. The average molecular weight is 258 g/mol. The number of hydrogen-bond acceptors (Lipinski definition) is 4. The van der Waals surface area contributed by atoms with E-state index in [-0.39, 0.29) is 0 Å². The van der Waals surface area contributed by atoms with Gasteiger partial charge in [0.25, 0.3) is 0 Å². The van der Waals surface area contributed by atoms with Gasteiger partial charge >= 0.3 is 0 Å². The Morgan fingerprint density at radius 1 is 1.16 bits per heavy atom. The van der Waals surface area contributed by atoms with E-state index in [1.54, 1.807) is 0 Å². The van der Waals surface area contributed by atoms with Gasteiger partial charge in [-0.2, -0.15) is 4.98 Å². The molecule has 0 spiro atoms. The van der Waals surface area contributed by atoms with Gasteiger partial charge in [-0.15, -0.1) is 0 Å². The van der Waals surface area contributed by atoms with E-state index in [0.717, 1.165) is 36.1 Å². The summed E-state index contributed by atoms with van der Waals surface area (Å²) in [6, 6.07) is 8.51. The smallest absolute Gasteiger partial charge is 0.225 e. The van der Waals surface area contributed by atoms with Crippen LogP contribution in [0.5, 0.6) is 0 Å². The third kappa shape index (κ3) is 3.34. The van der Waals surface area contributed by atoms with Crippen molar-refractivity contribution in [1.82, 2.24) is 9.97 Å². The van der Waals surface area contributed by atoms with Crippen LogP contribution in [0.4, 0.5) is 11.8 Å². The summed E-state index contributed by atoms with van der Waals surface area (Å²) in [6.45, 7) is 7.35. The zero-order valence-corrected chi connectivity index (χ0v) is 11.9. The van der Waals surface area contributed by atoms with E-state index in [0.29, 0.717) is 12.0 Å². The van der Waals surface area contributed by atoms with Gasteiger partial charge in [0.2, 0.25) is 5.95 Å². The fraction of sp³-hybridized carbons (Fsp3) is 0.467. The summed E-state index contributed by atoms with van der Waals surface area (Å²) in [6.07, 6.45) is 2.13. The first kappa shape index (κ1) is 13.6. The van der Waals surface area contributed by atoms with Crippen LogP contribution in [0.15, 0.2) is 24.3 Å². The van der Waals surface area contributed by atoms with Crippen molar-refractivity contribution >= 4 is 22.7 Å². The predicted octanol–water partition coefficient (Wildman–Crippen LogP) is 3.66. The molecule has 1 atom stereocenters. The van der Waals surface area contributed by atoms with E-state index >= 15 is 0 Å². The van der Waals surface area contributed by atoms with Crippen molar-refractivity contribution in [3.63, 3.8) is 0 Å². The van der Waals surface area contributed by atoms with E-state index in [1.807, 2.05) is 18.2 Å². The monoisotopic (exact) mass is 258 g/mol. The summed E-state index contributed by atoms with van der Waals surface area (Å²) < 4.78 is 0. The molecule has 0 amide bonds.